The molecule has 18 heavy (non-hydrogen) atoms. The average molecular weight is 243 g/mol. The highest BCUT2D eigenvalue weighted by molar-refractivity contribution is 5.85. The lowest BCUT2D eigenvalue weighted by molar-refractivity contribution is 0.340. The fraction of sp³-hybridized carbons (Fsp3) is 0.500. The third-order valence-electron chi connectivity index (χ3n) is 4.04. The summed E-state index contributed by atoms with van der Waals surface area (Å²) in [6, 6.07) is 6.37. The topological polar surface area (TPSA) is 25.0 Å². The van der Waals surface area contributed by atoms with Crippen molar-refractivity contribution in [2.45, 2.75) is 44.9 Å². The Bertz CT molecular complexity index is 523. The first-order valence-corrected chi connectivity index (χ1v) is 7.12. The largest absolute Gasteiger partial charge is 0.494 e. The third kappa shape index (κ3) is 2.12. The van der Waals surface area contributed by atoms with Crippen LogP contribution in [0.5, 0.6) is 5.75 Å². The van der Waals surface area contributed by atoms with Crippen LogP contribution in [0, 0.1) is 0 Å². The van der Waals surface area contributed by atoms with Gasteiger partial charge in [0.15, 0.2) is 0 Å². The van der Waals surface area contributed by atoms with Crippen LogP contribution in [0.4, 0.5) is 0 Å². The second-order valence-electron chi connectivity index (χ2n) is 5.22. The Balaban J connectivity index is 1.97. The SMILES string of the molecule is CCOc1ccc2[nH]cc(C3CCCCC3)c2c1. The molecule has 2 heteroatoms. The molecule has 1 aromatic carbocycles. The molecule has 96 valence electrons. The van der Waals surface area contributed by atoms with Crippen molar-refractivity contribution in [1.29, 1.82) is 0 Å². The first-order valence-electron chi connectivity index (χ1n) is 7.12. The van der Waals surface area contributed by atoms with Crippen molar-refractivity contribution in [3.63, 3.8) is 0 Å². The van der Waals surface area contributed by atoms with Gasteiger partial charge in [-0.05, 0) is 49.4 Å². The van der Waals surface area contributed by atoms with Crippen LogP contribution in [0.25, 0.3) is 10.9 Å². The minimum atomic E-state index is 0.731. The Morgan fingerprint density at radius 2 is 2.06 bits per heavy atom. The Labute approximate surface area is 108 Å². The number of benzene rings is 1. The lowest BCUT2D eigenvalue weighted by Crippen LogP contribution is -2.03. The summed E-state index contributed by atoms with van der Waals surface area (Å²) in [5.74, 6) is 1.73. The molecule has 0 atom stereocenters. The molecule has 1 aliphatic rings. The van der Waals surface area contributed by atoms with Crippen LogP contribution < -0.4 is 4.74 Å². The van der Waals surface area contributed by atoms with Gasteiger partial charge in [-0.1, -0.05) is 19.3 Å². The number of fused-ring (bicyclic) bond motifs is 1. The molecule has 1 aliphatic carbocycles. The number of nitrogens with one attached hydrogen (secondary N) is 1. The molecule has 1 heterocycles. The predicted molar refractivity (Wildman–Crippen MR) is 75.3 cm³/mol. The second kappa shape index (κ2) is 5.05. The van der Waals surface area contributed by atoms with Crippen molar-refractivity contribution in [3.05, 3.63) is 30.0 Å². The van der Waals surface area contributed by atoms with Gasteiger partial charge in [0.25, 0.3) is 0 Å². The van der Waals surface area contributed by atoms with Gasteiger partial charge < -0.3 is 9.72 Å². The van der Waals surface area contributed by atoms with E-state index in [4.69, 9.17) is 4.74 Å². The highest BCUT2D eigenvalue weighted by Crippen LogP contribution is 2.37. The molecule has 0 amide bonds. The van der Waals surface area contributed by atoms with Crippen molar-refractivity contribution in [1.82, 2.24) is 4.98 Å². The molecular weight excluding hydrogens is 222 g/mol. The maximum Gasteiger partial charge on any atom is 0.120 e. The molecule has 1 fully saturated rings. The van der Waals surface area contributed by atoms with Gasteiger partial charge in [0.1, 0.15) is 5.75 Å². The van der Waals surface area contributed by atoms with Crippen LogP contribution in [0.3, 0.4) is 0 Å². The highest BCUT2D eigenvalue weighted by atomic mass is 16.5. The summed E-state index contributed by atoms with van der Waals surface area (Å²) in [5.41, 5.74) is 2.73. The van der Waals surface area contributed by atoms with Crippen LogP contribution in [-0.2, 0) is 0 Å². The van der Waals surface area contributed by atoms with E-state index in [-0.39, 0.29) is 0 Å². The number of aromatic amines is 1. The minimum absolute atomic E-state index is 0.731. The van der Waals surface area contributed by atoms with Crippen LogP contribution in [0.2, 0.25) is 0 Å². The molecule has 1 saturated carbocycles. The summed E-state index contributed by atoms with van der Waals surface area (Å²) in [7, 11) is 0. The van der Waals surface area contributed by atoms with E-state index in [1.807, 2.05) is 13.0 Å². The summed E-state index contributed by atoms with van der Waals surface area (Å²) in [5, 5.41) is 1.35. The zero-order chi connectivity index (χ0) is 12.4. The predicted octanol–water partition coefficient (Wildman–Crippen LogP) is 4.61. The summed E-state index contributed by atoms with van der Waals surface area (Å²) in [6.07, 6.45) is 9.04. The number of hydrogen-bond donors (Lipinski definition) is 1. The fourth-order valence-electron chi connectivity index (χ4n) is 3.13. The smallest absolute Gasteiger partial charge is 0.120 e. The maximum atomic E-state index is 5.61. The van der Waals surface area contributed by atoms with E-state index in [0.29, 0.717) is 0 Å². The number of aromatic nitrogens is 1. The van der Waals surface area contributed by atoms with Crippen molar-refractivity contribution in [2.24, 2.45) is 0 Å². The number of rotatable bonds is 3. The zero-order valence-electron chi connectivity index (χ0n) is 11.0. The first-order chi connectivity index (χ1) is 8.88. The van der Waals surface area contributed by atoms with Gasteiger partial charge in [0, 0.05) is 17.1 Å². The molecule has 0 spiro atoms. The molecule has 1 aromatic heterocycles. The van der Waals surface area contributed by atoms with E-state index in [1.165, 1.54) is 48.6 Å². The average Bonchev–Trinajstić information content (AvgIpc) is 2.83. The van der Waals surface area contributed by atoms with E-state index in [9.17, 15) is 0 Å². The van der Waals surface area contributed by atoms with Gasteiger partial charge >= 0.3 is 0 Å². The fourth-order valence-corrected chi connectivity index (χ4v) is 3.13. The molecule has 0 unspecified atom stereocenters. The quantitative estimate of drug-likeness (QED) is 0.836. The number of H-pyrrole nitrogens is 1. The van der Waals surface area contributed by atoms with E-state index in [2.05, 4.69) is 23.3 Å². The molecule has 3 rings (SSSR count). The molecular formula is C16H21NO. The molecule has 1 N–H and O–H groups in total. The van der Waals surface area contributed by atoms with E-state index >= 15 is 0 Å². The summed E-state index contributed by atoms with van der Waals surface area (Å²) in [4.78, 5) is 3.40. The summed E-state index contributed by atoms with van der Waals surface area (Å²) in [6.45, 7) is 2.76. The molecule has 0 aliphatic heterocycles. The lowest BCUT2D eigenvalue weighted by Gasteiger charge is -2.21. The second-order valence-corrected chi connectivity index (χ2v) is 5.22. The lowest BCUT2D eigenvalue weighted by atomic mass is 9.84. The molecule has 2 nitrogen and oxygen atoms in total. The highest BCUT2D eigenvalue weighted by Gasteiger charge is 2.18. The van der Waals surface area contributed by atoms with E-state index in [1.54, 1.807) is 0 Å². The molecule has 0 saturated heterocycles. The Morgan fingerprint density at radius 3 is 2.83 bits per heavy atom. The standard InChI is InChI=1S/C16H21NO/c1-2-18-13-8-9-16-14(10-13)15(11-17-16)12-6-4-3-5-7-12/h8-12,17H,2-7H2,1H3. The molecule has 0 radical (unpaired) electrons. The monoisotopic (exact) mass is 243 g/mol. The van der Waals surface area contributed by atoms with Gasteiger partial charge in [-0.15, -0.1) is 0 Å². The Hall–Kier alpha value is -1.44. The van der Waals surface area contributed by atoms with Crippen LogP contribution in [-0.4, -0.2) is 11.6 Å². The third-order valence-corrected chi connectivity index (χ3v) is 4.04. The van der Waals surface area contributed by atoms with Crippen molar-refractivity contribution in [2.75, 3.05) is 6.61 Å². The number of hydrogen-bond acceptors (Lipinski definition) is 1. The maximum absolute atomic E-state index is 5.61. The number of ether oxygens (including phenoxy) is 1. The van der Waals surface area contributed by atoms with Crippen LogP contribution in [0.1, 0.15) is 50.5 Å². The normalized spacial score (nSPS) is 17.2. The van der Waals surface area contributed by atoms with E-state index in [0.717, 1.165) is 18.3 Å². The minimum Gasteiger partial charge on any atom is -0.494 e. The van der Waals surface area contributed by atoms with Crippen molar-refractivity contribution < 1.29 is 4.74 Å². The summed E-state index contributed by atoms with van der Waals surface area (Å²) >= 11 is 0. The Kier molecular flexibility index (Phi) is 3.26. The zero-order valence-corrected chi connectivity index (χ0v) is 11.0. The van der Waals surface area contributed by atoms with Gasteiger partial charge in [-0.2, -0.15) is 0 Å². The summed E-state index contributed by atoms with van der Waals surface area (Å²) < 4.78 is 5.61. The van der Waals surface area contributed by atoms with Crippen molar-refractivity contribution in [3.8, 4) is 5.75 Å². The van der Waals surface area contributed by atoms with E-state index < -0.39 is 0 Å². The van der Waals surface area contributed by atoms with Crippen LogP contribution in [0.15, 0.2) is 24.4 Å². The van der Waals surface area contributed by atoms with Crippen molar-refractivity contribution >= 4 is 10.9 Å². The Morgan fingerprint density at radius 1 is 1.22 bits per heavy atom. The first kappa shape index (κ1) is 11.6. The molecule has 2 aromatic rings. The van der Waals surface area contributed by atoms with Gasteiger partial charge in [-0.3, -0.25) is 0 Å². The van der Waals surface area contributed by atoms with Gasteiger partial charge in [0.05, 0.1) is 6.61 Å². The van der Waals surface area contributed by atoms with Crippen LogP contribution >= 0.6 is 0 Å². The molecule has 0 bridgehead atoms. The van der Waals surface area contributed by atoms with Gasteiger partial charge in [-0.25, -0.2) is 0 Å². The van der Waals surface area contributed by atoms with Gasteiger partial charge in [0.2, 0.25) is 0 Å².